The SMILES string of the molecule is C[C@H](NC(=O)[C@H](CCCNC(=N)N)NC(=O)[C@H](Cc1ccc2ccccc2c1)NC(=O)[C@@H]1CCCCN1C(=O)[C@H](NC(=O)[C@H](Cc1ccc(Cl)cc1)NC(=O)[C@H](N)Cc1ccccc1)[C@H](C)O)C(=O)N[C@H](Cc1ccccc1)C(=O)O. The summed E-state index contributed by atoms with van der Waals surface area (Å²) in [5.74, 6) is -7.01. The average Bonchev–Trinajstić information content (AvgIpc) is 3.45. The van der Waals surface area contributed by atoms with E-state index in [-0.39, 0.29) is 64.0 Å². The van der Waals surface area contributed by atoms with Crippen LogP contribution in [-0.2, 0) is 64.0 Å². The molecule has 14 N–H and O–H groups in total. The molecular weight excluding hydrogens is 1060 g/mol. The minimum Gasteiger partial charge on any atom is -0.480 e. The molecule has 1 saturated heterocycles. The predicted molar refractivity (Wildman–Crippen MR) is 306 cm³/mol. The third kappa shape index (κ3) is 18.9. The van der Waals surface area contributed by atoms with Crippen LogP contribution in [0.3, 0.4) is 0 Å². The molecule has 0 radical (unpaired) electrons. The first-order valence-electron chi connectivity index (χ1n) is 26.9. The molecule has 81 heavy (non-hydrogen) atoms. The Morgan fingerprint density at radius 3 is 1.79 bits per heavy atom. The standard InChI is InChI=1S/C59H72ClN11O10/c1-35(51(73)69-48(58(80)81)33-38-16-7-4-8-17-38)65-53(75)45(20-13-28-64-59(62)63)66-54(76)47(34-40-22-25-41-18-9-10-19-42(41)30-40)68-56(78)49-21-11-12-29-71(49)57(79)50(36(2)72)70-55(77)46(32-39-23-26-43(60)27-24-39)67-52(74)44(61)31-37-14-5-3-6-15-37/h3-10,14-19,22-27,30,35-36,44-50,72H,11-13,20-21,28-29,31-34,61H2,1-2H3,(H,65,75)(H,66,76)(H,67,74)(H,68,78)(H,69,73)(H,70,77)(H,80,81)(H4,62,63,64)/t35-,36-,44+,45-,46-,47-,48+,49-,50+/m0/s1. The summed E-state index contributed by atoms with van der Waals surface area (Å²) in [7, 11) is 0. The van der Waals surface area contributed by atoms with Crippen LogP contribution in [0.25, 0.3) is 10.8 Å². The molecule has 0 aliphatic carbocycles. The van der Waals surface area contributed by atoms with E-state index in [0.717, 1.165) is 16.3 Å². The van der Waals surface area contributed by atoms with Crippen molar-refractivity contribution in [3.8, 4) is 0 Å². The van der Waals surface area contributed by atoms with E-state index in [0.29, 0.717) is 34.6 Å². The number of likely N-dealkylation sites (tertiary alicyclic amines) is 1. The zero-order valence-electron chi connectivity index (χ0n) is 45.2. The Morgan fingerprint density at radius 2 is 1.15 bits per heavy atom. The molecule has 0 unspecified atom stereocenters. The number of carboxylic acids is 1. The second-order valence-electron chi connectivity index (χ2n) is 20.3. The van der Waals surface area contributed by atoms with Gasteiger partial charge in [-0.1, -0.05) is 127 Å². The molecule has 0 saturated carbocycles. The number of fused-ring (bicyclic) bond motifs is 1. The third-order valence-electron chi connectivity index (χ3n) is 13.9. The summed E-state index contributed by atoms with van der Waals surface area (Å²) in [6.07, 6.45) is -0.260. The summed E-state index contributed by atoms with van der Waals surface area (Å²) in [6.45, 7) is 2.84. The van der Waals surface area contributed by atoms with Crippen molar-refractivity contribution in [1.29, 1.82) is 5.41 Å². The van der Waals surface area contributed by atoms with Gasteiger partial charge >= 0.3 is 5.97 Å². The minimum absolute atomic E-state index is 0.0293. The Morgan fingerprint density at radius 1 is 0.617 bits per heavy atom. The number of hydrogen-bond acceptors (Lipinski definition) is 11. The summed E-state index contributed by atoms with van der Waals surface area (Å²) in [5, 5.41) is 49.6. The Bertz CT molecular complexity index is 2990. The van der Waals surface area contributed by atoms with Crippen LogP contribution in [0, 0.1) is 5.41 Å². The maximum absolute atomic E-state index is 14.8. The second-order valence-corrected chi connectivity index (χ2v) is 20.7. The molecular formula is C59H72ClN11O10. The molecule has 1 aliphatic rings. The number of guanidine groups is 1. The lowest BCUT2D eigenvalue weighted by atomic mass is 9.97. The van der Waals surface area contributed by atoms with E-state index < -0.39 is 102 Å². The highest BCUT2D eigenvalue weighted by atomic mass is 35.5. The second kappa shape index (κ2) is 30.3. The fraction of sp³-hybridized carbons (Fsp3) is 0.373. The van der Waals surface area contributed by atoms with Gasteiger partial charge in [0.1, 0.15) is 42.3 Å². The van der Waals surface area contributed by atoms with Gasteiger partial charge in [0.15, 0.2) is 5.96 Å². The number of benzene rings is 5. The van der Waals surface area contributed by atoms with Gasteiger partial charge in [-0.05, 0) is 97.5 Å². The highest BCUT2D eigenvalue weighted by molar-refractivity contribution is 6.30. The molecule has 22 heteroatoms. The number of nitrogens with one attached hydrogen (secondary N) is 8. The normalized spacial score (nSPS) is 16.1. The number of aliphatic carboxylic acids is 1. The van der Waals surface area contributed by atoms with E-state index in [1.165, 1.54) is 18.7 Å². The minimum atomic E-state index is -1.61. The quantitative estimate of drug-likeness (QED) is 0.0204. The van der Waals surface area contributed by atoms with Crippen molar-refractivity contribution in [2.24, 2.45) is 11.5 Å². The van der Waals surface area contributed by atoms with Gasteiger partial charge < -0.3 is 63.8 Å². The van der Waals surface area contributed by atoms with Crippen molar-refractivity contribution in [2.45, 2.75) is 126 Å². The first-order chi connectivity index (χ1) is 38.8. The number of nitrogens with two attached hydrogens (primary N) is 2. The molecule has 7 amide bonds. The Hall–Kier alpha value is -8.40. The summed E-state index contributed by atoms with van der Waals surface area (Å²) in [6, 6.07) is 26.9. The number of hydrogen-bond donors (Lipinski definition) is 12. The van der Waals surface area contributed by atoms with Crippen molar-refractivity contribution in [3.05, 3.63) is 155 Å². The maximum atomic E-state index is 14.8. The molecule has 0 aromatic heterocycles. The van der Waals surface area contributed by atoms with E-state index >= 15 is 0 Å². The van der Waals surface area contributed by atoms with Crippen molar-refractivity contribution < 1.29 is 48.6 Å². The molecule has 1 heterocycles. The Kier molecular flexibility index (Phi) is 23.1. The summed E-state index contributed by atoms with van der Waals surface area (Å²) >= 11 is 6.14. The predicted octanol–water partition coefficient (Wildman–Crippen LogP) is 2.13. The number of piperidine rings is 1. The van der Waals surface area contributed by atoms with E-state index in [2.05, 4.69) is 37.2 Å². The van der Waals surface area contributed by atoms with Crippen LogP contribution in [0.5, 0.6) is 0 Å². The Balaban J connectivity index is 1.22. The van der Waals surface area contributed by atoms with Gasteiger partial charge in [0.25, 0.3) is 0 Å². The van der Waals surface area contributed by atoms with E-state index in [1.807, 2.05) is 66.7 Å². The Labute approximate surface area is 475 Å². The molecule has 9 atom stereocenters. The highest BCUT2D eigenvalue weighted by Crippen LogP contribution is 2.22. The lowest BCUT2D eigenvalue weighted by molar-refractivity contribution is -0.148. The zero-order valence-corrected chi connectivity index (χ0v) is 46.0. The topological polar surface area (TPSA) is 340 Å². The van der Waals surface area contributed by atoms with Crippen LogP contribution in [-0.4, -0.2) is 136 Å². The van der Waals surface area contributed by atoms with Gasteiger partial charge in [-0.3, -0.25) is 39.0 Å². The monoisotopic (exact) mass is 1130 g/mol. The fourth-order valence-electron chi connectivity index (χ4n) is 9.47. The number of carboxylic acid groups (broad SMARTS) is 1. The molecule has 5 aromatic rings. The van der Waals surface area contributed by atoms with Crippen LogP contribution < -0.4 is 48.7 Å². The molecule has 6 rings (SSSR count). The van der Waals surface area contributed by atoms with Crippen LogP contribution in [0.15, 0.2) is 127 Å². The van der Waals surface area contributed by atoms with Crippen molar-refractivity contribution in [2.75, 3.05) is 13.1 Å². The molecule has 1 fully saturated rings. The summed E-state index contributed by atoms with van der Waals surface area (Å²) < 4.78 is 0. The van der Waals surface area contributed by atoms with E-state index in [4.69, 9.17) is 28.5 Å². The molecule has 1 aliphatic heterocycles. The lowest BCUT2D eigenvalue weighted by Gasteiger charge is -2.38. The number of nitrogens with zero attached hydrogens (tertiary/aromatic N) is 1. The number of rotatable bonds is 27. The van der Waals surface area contributed by atoms with Gasteiger partial charge in [-0.25, -0.2) is 4.79 Å². The first-order valence-corrected chi connectivity index (χ1v) is 27.3. The van der Waals surface area contributed by atoms with Gasteiger partial charge in [0.05, 0.1) is 12.1 Å². The van der Waals surface area contributed by atoms with Crippen molar-refractivity contribution in [1.82, 2.24) is 42.1 Å². The zero-order chi connectivity index (χ0) is 58.6. The van der Waals surface area contributed by atoms with Crippen LogP contribution in [0.4, 0.5) is 0 Å². The first kappa shape index (κ1) is 61.8. The van der Waals surface area contributed by atoms with Crippen LogP contribution in [0.1, 0.15) is 68.2 Å². The third-order valence-corrected chi connectivity index (χ3v) is 14.2. The number of halogens is 1. The van der Waals surface area contributed by atoms with Gasteiger partial charge in [-0.2, -0.15) is 0 Å². The van der Waals surface area contributed by atoms with Crippen molar-refractivity contribution in [3.63, 3.8) is 0 Å². The molecule has 0 spiro atoms. The smallest absolute Gasteiger partial charge is 0.326 e. The average molecular weight is 1130 g/mol. The molecule has 21 nitrogen and oxygen atoms in total. The lowest BCUT2D eigenvalue weighted by Crippen LogP contribution is -2.63. The van der Waals surface area contributed by atoms with Crippen LogP contribution in [0.2, 0.25) is 5.02 Å². The largest absolute Gasteiger partial charge is 0.480 e. The highest BCUT2D eigenvalue weighted by Gasteiger charge is 2.40. The maximum Gasteiger partial charge on any atom is 0.326 e. The van der Waals surface area contributed by atoms with E-state index in [1.54, 1.807) is 60.7 Å². The fourth-order valence-corrected chi connectivity index (χ4v) is 9.60. The number of amides is 7. The molecule has 5 aromatic carbocycles. The summed E-state index contributed by atoms with van der Waals surface area (Å²) in [5.41, 5.74) is 14.5. The number of aliphatic hydroxyl groups is 1. The van der Waals surface area contributed by atoms with Gasteiger partial charge in [-0.15, -0.1) is 0 Å². The van der Waals surface area contributed by atoms with Crippen molar-refractivity contribution >= 4 is 75.7 Å². The van der Waals surface area contributed by atoms with Gasteiger partial charge in [0.2, 0.25) is 41.4 Å². The number of carbonyl (C=O) groups excluding carboxylic acids is 7. The summed E-state index contributed by atoms with van der Waals surface area (Å²) in [4.78, 5) is 113. The van der Waals surface area contributed by atoms with Crippen LogP contribution >= 0.6 is 11.6 Å². The van der Waals surface area contributed by atoms with E-state index in [9.17, 15) is 48.6 Å². The molecule has 0 bridgehead atoms. The number of carbonyl (C=O) groups is 8. The van der Waals surface area contributed by atoms with Gasteiger partial charge in [0, 0.05) is 37.4 Å². The number of aliphatic hydroxyl groups excluding tert-OH is 1. The molecule has 430 valence electrons.